The summed E-state index contributed by atoms with van der Waals surface area (Å²) in [6, 6.07) is 133. The molecular weight excluding hydrogens is 1430 g/mol. The molecule has 0 unspecified atom stereocenters. The molecule has 10 heteroatoms. The molecule has 0 radical (unpaired) electrons. The molecule has 0 saturated carbocycles. The Balaban J connectivity index is 0.000000135. The highest BCUT2D eigenvalue weighted by molar-refractivity contribution is 7.26. The van der Waals surface area contributed by atoms with Gasteiger partial charge in [0.15, 0.2) is 11.2 Å². The molecule has 0 aliphatic heterocycles. The minimum atomic E-state index is 0.799. The third-order valence-electron chi connectivity index (χ3n) is 22.4. The van der Waals surface area contributed by atoms with Crippen LogP contribution in [0.15, 0.2) is 385 Å². The molecule has 0 bridgehead atoms. The van der Waals surface area contributed by atoms with E-state index in [1.54, 1.807) is 0 Å². The van der Waals surface area contributed by atoms with Crippen LogP contribution in [-0.4, -0.2) is 29.1 Å². The van der Waals surface area contributed by atoms with Gasteiger partial charge in [-0.1, -0.05) is 243 Å². The van der Waals surface area contributed by atoms with Gasteiger partial charge in [0.1, 0.15) is 34.2 Å². The summed E-state index contributed by atoms with van der Waals surface area (Å²) in [6.07, 6.45) is 0. The van der Waals surface area contributed by atoms with E-state index < -0.39 is 0 Å². The van der Waals surface area contributed by atoms with E-state index in [4.69, 9.17) is 28.8 Å². The number of benzene rings is 16. The zero-order valence-electron chi connectivity index (χ0n) is 61.1. The number of furan rings is 2. The Kier molecular flexibility index (Phi) is 15.2. The summed E-state index contributed by atoms with van der Waals surface area (Å²) >= 11 is 3.69. The fourth-order valence-electron chi connectivity index (χ4n) is 17.1. The van der Waals surface area contributed by atoms with Crippen molar-refractivity contribution in [3.05, 3.63) is 376 Å². The zero-order chi connectivity index (χ0) is 74.9. The molecule has 114 heavy (non-hydrogen) atoms. The lowest BCUT2D eigenvalue weighted by Crippen LogP contribution is -1.97. The van der Waals surface area contributed by atoms with E-state index in [0.717, 1.165) is 183 Å². The first-order valence-corrected chi connectivity index (χ1v) is 39.9. The first kappa shape index (κ1) is 65.2. The quantitative estimate of drug-likeness (QED) is 0.136. The number of thiophene rings is 2. The van der Waals surface area contributed by atoms with Gasteiger partial charge in [0.2, 0.25) is 0 Å². The molecule has 0 fully saturated rings. The van der Waals surface area contributed by atoms with Crippen molar-refractivity contribution >= 4 is 151 Å². The van der Waals surface area contributed by atoms with Gasteiger partial charge in [-0.15, -0.1) is 22.7 Å². The van der Waals surface area contributed by atoms with Crippen molar-refractivity contribution in [2.24, 2.45) is 0 Å². The molecule has 24 aromatic rings. The smallest absolute Gasteiger partial charge is 0.162 e. The van der Waals surface area contributed by atoms with Crippen LogP contribution in [0.1, 0.15) is 0 Å². The lowest BCUT2D eigenvalue weighted by molar-refractivity contribution is 0.668. The van der Waals surface area contributed by atoms with Crippen LogP contribution in [0.5, 0.6) is 0 Å². The monoisotopic (exact) mass is 1490 g/mol. The summed E-state index contributed by atoms with van der Waals surface area (Å²) in [7, 11) is 0. The molecule has 0 saturated heterocycles. The fourth-order valence-corrected chi connectivity index (χ4v) is 19.4. The summed E-state index contributed by atoms with van der Waals surface area (Å²) in [5, 5.41) is 11.7. The van der Waals surface area contributed by atoms with E-state index in [-0.39, 0.29) is 0 Å². The van der Waals surface area contributed by atoms with E-state index >= 15 is 0 Å². The van der Waals surface area contributed by atoms with Crippen LogP contribution in [-0.2, 0) is 0 Å². The van der Waals surface area contributed by atoms with Crippen molar-refractivity contribution in [2.75, 3.05) is 0 Å². The number of pyridine rings is 2. The Morgan fingerprint density at radius 3 is 1.15 bits per heavy atom. The van der Waals surface area contributed by atoms with Gasteiger partial charge in [-0.05, 0) is 178 Å². The maximum atomic E-state index is 6.72. The fraction of sp³-hybridized carbons (Fsp3) is 0. The summed E-state index contributed by atoms with van der Waals surface area (Å²) < 4.78 is 23.1. The second-order valence-corrected chi connectivity index (χ2v) is 31.2. The Morgan fingerprint density at radius 2 is 0.614 bits per heavy atom. The highest BCUT2D eigenvalue weighted by Gasteiger charge is 2.25. The van der Waals surface area contributed by atoms with Gasteiger partial charge in [-0.3, -0.25) is 9.13 Å². The topological polar surface area (TPSA) is 87.7 Å². The van der Waals surface area contributed by atoms with Crippen LogP contribution in [0.3, 0.4) is 0 Å². The molecule has 0 aliphatic carbocycles. The third kappa shape index (κ3) is 10.9. The third-order valence-corrected chi connectivity index (χ3v) is 24.7. The number of hydrogen-bond acceptors (Lipinski definition) is 8. The molecule has 0 N–H and O–H groups in total. The van der Waals surface area contributed by atoms with Crippen molar-refractivity contribution in [1.82, 2.24) is 29.1 Å². The van der Waals surface area contributed by atoms with Crippen molar-refractivity contribution in [3.63, 3.8) is 0 Å². The molecule has 16 aromatic carbocycles. The van der Waals surface area contributed by atoms with Gasteiger partial charge in [-0.25, -0.2) is 19.9 Å². The Morgan fingerprint density at radius 1 is 0.228 bits per heavy atom. The molecule has 0 spiro atoms. The van der Waals surface area contributed by atoms with Gasteiger partial charge in [0.05, 0.1) is 33.1 Å². The molecular formula is C104H62N6O2S2. The van der Waals surface area contributed by atoms with Gasteiger partial charge in [0, 0.05) is 106 Å². The Labute approximate surface area is 661 Å². The summed E-state index contributed by atoms with van der Waals surface area (Å²) in [6.45, 7) is 0. The van der Waals surface area contributed by atoms with Crippen LogP contribution >= 0.6 is 22.7 Å². The lowest BCUT2D eigenvalue weighted by Gasteiger charge is -2.14. The van der Waals surface area contributed by atoms with Crippen LogP contribution in [0.2, 0.25) is 0 Å². The molecule has 8 nitrogen and oxygen atoms in total. The van der Waals surface area contributed by atoms with Gasteiger partial charge in [0.25, 0.3) is 0 Å². The SMILES string of the molecule is c1ccc(-c2nc3ccccc3n2-c2ccc(-c3cc(-c4ccc5sc6ccccc6c5c4)cc(-c4nc5ccccc5c5c4oc4ccccc45)c3)cc2)cc1.c1ccc(-c2nc3ccccc3n2-c2ccc(-c3cc(-c4nc5ccccc5c5c4oc4ccccc45)cc(-c4cccc5c4sc4ccccc45)c3)cc2)cc1. The molecule has 532 valence electrons. The number of rotatable bonds is 10. The predicted molar refractivity (Wildman–Crippen MR) is 477 cm³/mol. The van der Waals surface area contributed by atoms with E-state index in [2.05, 4.69) is 337 Å². The maximum absolute atomic E-state index is 6.72. The van der Waals surface area contributed by atoms with Crippen molar-refractivity contribution in [3.8, 4) is 101 Å². The number of hydrogen-bond donors (Lipinski definition) is 0. The van der Waals surface area contributed by atoms with E-state index in [9.17, 15) is 0 Å². The largest absolute Gasteiger partial charge is 0.454 e. The number of aromatic nitrogens is 6. The summed E-state index contributed by atoms with van der Waals surface area (Å²) in [5.41, 5.74) is 26.2. The summed E-state index contributed by atoms with van der Waals surface area (Å²) in [4.78, 5) is 20.8. The minimum absolute atomic E-state index is 0.799. The average molecular weight is 1490 g/mol. The Bertz CT molecular complexity index is 7970. The van der Waals surface area contributed by atoms with Crippen molar-refractivity contribution < 1.29 is 8.83 Å². The van der Waals surface area contributed by atoms with Gasteiger partial charge in [-0.2, -0.15) is 0 Å². The van der Waals surface area contributed by atoms with Crippen molar-refractivity contribution in [1.29, 1.82) is 0 Å². The van der Waals surface area contributed by atoms with Crippen LogP contribution in [0.4, 0.5) is 0 Å². The van der Waals surface area contributed by atoms with E-state index in [1.807, 2.05) is 71.2 Å². The van der Waals surface area contributed by atoms with E-state index in [1.165, 1.54) is 45.9 Å². The second-order valence-electron chi connectivity index (χ2n) is 29.1. The zero-order valence-corrected chi connectivity index (χ0v) is 62.7. The lowest BCUT2D eigenvalue weighted by atomic mass is 9.93. The van der Waals surface area contributed by atoms with Crippen molar-refractivity contribution in [2.45, 2.75) is 0 Å². The van der Waals surface area contributed by atoms with Crippen LogP contribution in [0.25, 0.3) is 229 Å². The van der Waals surface area contributed by atoms with Gasteiger partial charge >= 0.3 is 0 Å². The summed E-state index contributed by atoms with van der Waals surface area (Å²) in [5.74, 6) is 1.84. The van der Waals surface area contributed by atoms with Gasteiger partial charge < -0.3 is 8.83 Å². The first-order valence-electron chi connectivity index (χ1n) is 38.3. The first-order chi connectivity index (χ1) is 56.5. The Hall–Kier alpha value is -14.7. The molecule has 8 heterocycles. The maximum Gasteiger partial charge on any atom is 0.162 e. The molecule has 8 aromatic heterocycles. The number of para-hydroxylation sites is 8. The molecule has 0 aliphatic rings. The number of imidazole rings is 2. The minimum Gasteiger partial charge on any atom is -0.454 e. The number of nitrogens with zero attached hydrogens (tertiary/aromatic N) is 6. The normalized spacial score (nSPS) is 11.9. The standard InChI is InChI=1S/2C52H31N3OS/c1-2-13-33(14-3-1)52-54-44-21-8-9-22-45(44)55(52)37-27-25-32(26-28-37)34-29-35(38-18-12-19-40-39-15-6-11-24-47(39)57-51(38)40)31-36(30-34)49-50-48(41-16-4-7-20-43(41)53-49)42-17-5-10-23-46(42)56-50;1-2-12-33(13-3-1)52-54-44-18-8-9-19-45(44)55(52)38-25-22-32(23-26-38)35-28-36(34-24-27-48-42(31-34)39-14-6-11-21-47(39)57-48)30-37(29-35)50-51-49(40-15-4-7-17-43(40)53-50)41-16-5-10-20-46(41)56-51/h2*1-31H. The number of fused-ring (bicyclic) bond motifs is 18. The molecule has 0 atom stereocenters. The second kappa shape index (κ2) is 26.5. The van der Waals surface area contributed by atoms with E-state index in [0.29, 0.717) is 0 Å². The highest BCUT2D eigenvalue weighted by atomic mass is 32.1. The molecule has 0 amide bonds. The predicted octanol–water partition coefficient (Wildman–Crippen LogP) is 29.0. The van der Waals surface area contributed by atoms with Crippen LogP contribution in [0, 0.1) is 0 Å². The molecule has 24 rings (SSSR count). The highest BCUT2D eigenvalue weighted by Crippen LogP contribution is 2.48. The average Bonchev–Trinajstić information content (AvgIpc) is 1.53. The van der Waals surface area contributed by atoms with Crippen LogP contribution < -0.4 is 0 Å².